The average molecular weight is 373 g/mol. The topological polar surface area (TPSA) is 90.1 Å². The zero-order valence-corrected chi connectivity index (χ0v) is 13.2. The van der Waals surface area contributed by atoms with Gasteiger partial charge >= 0.3 is 6.09 Å². The van der Waals surface area contributed by atoms with Gasteiger partial charge in [-0.1, -0.05) is 11.8 Å². The molecule has 0 saturated carbocycles. The lowest BCUT2D eigenvalue weighted by Crippen LogP contribution is -2.16. The number of amides is 1. The molecular weight excluding hydrogens is 363 g/mol. The third kappa shape index (κ3) is 4.05. The van der Waals surface area contributed by atoms with Gasteiger partial charge in [0.1, 0.15) is 17.4 Å². The van der Waals surface area contributed by atoms with Crippen LogP contribution < -0.4 is 15.8 Å². The number of thioether (sulfide) groups is 1. The molecule has 1 amide bonds. The minimum absolute atomic E-state index is 0.0974. The van der Waals surface area contributed by atoms with E-state index in [4.69, 9.17) is 10.5 Å². The van der Waals surface area contributed by atoms with Crippen molar-refractivity contribution in [2.24, 2.45) is 5.73 Å². The van der Waals surface area contributed by atoms with E-state index in [-0.39, 0.29) is 11.4 Å². The van der Waals surface area contributed by atoms with Crippen LogP contribution in [0.3, 0.4) is 0 Å². The monoisotopic (exact) mass is 372 g/mol. The Bertz CT molecular complexity index is 686. The van der Waals surface area contributed by atoms with Crippen molar-refractivity contribution < 1.29 is 13.9 Å². The van der Waals surface area contributed by atoms with Crippen molar-refractivity contribution in [3.63, 3.8) is 0 Å². The highest BCUT2D eigenvalue weighted by molar-refractivity contribution is 9.10. The van der Waals surface area contributed by atoms with E-state index in [0.29, 0.717) is 15.4 Å². The number of primary amides is 1. The molecule has 0 aliphatic heterocycles. The Kier molecular flexibility index (Phi) is 4.97. The number of carbonyl (C=O) groups is 1. The maximum Gasteiger partial charge on any atom is 0.409 e. The summed E-state index contributed by atoms with van der Waals surface area (Å²) in [4.78, 5) is 19.0. The summed E-state index contributed by atoms with van der Waals surface area (Å²) in [7, 11) is 0. The first kappa shape index (κ1) is 15.5. The standard InChI is InChI=1S/C12H10BrFN4O2S/c1-21-12-16-5-7(13)10(18-12)17-9-4-6(20-11(15)19)2-3-8(9)14/h2-5H,1H3,(H2,15,19)(H,16,17,18). The number of ether oxygens (including phenoxy) is 1. The first-order valence-corrected chi connectivity index (χ1v) is 7.61. The van der Waals surface area contributed by atoms with Crippen molar-refractivity contribution >= 4 is 45.3 Å². The van der Waals surface area contributed by atoms with E-state index >= 15 is 0 Å². The highest BCUT2D eigenvalue weighted by atomic mass is 79.9. The third-order valence-corrected chi connectivity index (χ3v) is 3.46. The summed E-state index contributed by atoms with van der Waals surface area (Å²) in [5.41, 5.74) is 5.02. The summed E-state index contributed by atoms with van der Waals surface area (Å²) in [6.07, 6.45) is 2.41. The second-order valence-corrected chi connectivity index (χ2v) is 5.37. The Morgan fingerprint density at radius 2 is 2.29 bits per heavy atom. The highest BCUT2D eigenvalue weighted by Gasteiger charge is 2.10. The molecule has 0 aliphatic rings. The van der Waals surface area contributed by atoms with Gasteiger partial charge in [-0.3, -0.25) is 0 Å². The van der Waals surface area contributed by atoms with Gasteiger partial charge in [-0.05, 0) is 34.3 Å². The molecule has 0 aliphatic carbocycles. The van der Waals surface area contributed by atoms with Crippen molar-refractivity contribution in [3.05, 3.63) is 34.7 Å². The molecule has 0 unspecified atom stereocenters. The molecule has 2 rings (SSSR count). The maximum absolute atomic E-state index is 13.8. The second kappa shape index (κ2) is 6.72. The van der Waals surface area contributed by atoms with Crippen LogP contribution in [0.15, 0.2) is 34.0 Å². The van der Waals surface area contributed by atoms with Crippen LogP contribution in [-0.4, -0.2) is 22.3 Å². The van der Waals surface area contributed by atoms with E-state index in [9.17, 15) is 9.18 Å². The number of hydrogen-bond donors (Lipinski definition) is 2. The van der Waals surface area contributed by atoms with Crippen molar-refractivity contribution in [1.29, 1.82) is 0 Å². The van der Waals surface area contributed by atoms with Gasteiger partial charge in [0.2, 0.25) is 0 Å². The molecule has 0 bridgehead atoms. The van der Waals surface area contributed by atoms with E-state index in [1.165, 1.54) is 23.9 Å². The summed E-state index contributed by atoms with van der Waals surface area (Å²) in [6, 6.07) is 3.77. The molecule has 110 valence electrons. The van der Waals surface area contributed by atoms with Crippen LogP contribution in [0, 0.1) is 5.82 Å². The number of nitrogens with zero attached hydrogens (tertiary/aromatic N) is 2. The van der Waals surface area contributed by atoms with Gasteiger partial charge in [0.05, 0.1) is 10.2 Å². The van der Waals surface area contributed by atoms with Crippen molar-refractivity contribution in [3.8, 4) is 5.75 Å². The fraction of sp³-hybridized carbons (Fsp3) is 0.0833. The zero-order chi connectivity index (χ0) is 15.4. The molecule has 0 fully saturated rings. The molecule has 3 N–H and O–H groups in total. The van der Waals surface area contributed by atoms with Crippen molar-refractivity contribution in [2.45, 2.75) is 5.16 Å². The van der Waals surface area contributed by atoms with Gasteiger partial charge in [0, 0.05) is 12.3 Å². The Hall–Kier alpha value is -1.87. The molecular formula is C12H10BrFN4O2S. The molecule has 6 nitrogen and oxygen atoms in total. The predicted octanol–water partition coefficient (Wildman–Crippen LogP) is 3.30. The summed E-state index contributed by atoms with van der Waals surface area (Å²) < 4.78 is 19.1. The van der Waals surface area contributed by atoms with E-state index in [2.05, 4.69) is 31.2 Å². The number of nitrogens with one attached hydrogen (secondary N) is 1. The SMILES string of the molecule is CSc1ncc(Br)c(Nc2cc(OC(N)=O)ccc2F)n1. The van der Waals surface area contributed by atoms with Gasteiger partial charge in [0.15, 0.2) is 5.16 Å². The van der Waals surface area contributed by atoms with Crippen LogP contribution in [0.1, 0.15) is 0 Å². The number of aromatic nitrogens is 2. The molecule has 0 saturated heterocycles. The lowest BCUT2D eigenvalue weighted by atomic mass is 10.3. The number of hydrogen-bond acceptors (Lipinski definition) is 6. The normalized spacial score (nSPS) is 10.2. The number of nitrogens with two attached hydrogens (primary N) is 1. The highest BCUT2D eigenvalue weighted by Crippen LogP contribution is 2.28. The summed E-state index contributed by atoms with van der Waals surface area (Å²) >= 11 is 4.63. The van der Waals surface area contributed by atoms with E-state index in [1.807, 2.05) is 6.26 Å². The van der Waals surface area contributed by atoms with E-state index in [0.717, 1.165) is 6.07 Å². The maximum atomic E-state index is 13.8. The Morgan fingerprint density at radius 3 is 2.95 bits per heavy atom. The van der Waals surface area contributed by atoms with Crippen LogP contribution in [0.4, 0.5) is 20.7 Å². The predicted molar refractivity (Wildman–Crippen MR) is 81.4 cm³/mol. The van der Waals surface area contributed by atoms with Gasteiger partial charge in [-0.15, -0.1) is 0 Å². The minimum Gasteiger partial charge on any atom is -0.410 e. The quantitative estimate of drug-likeness (QED) is 0.631. The number of anilines is 2. The number of halogens is 2. The molecule has 1 aromatic carbocycles. The first-order chi connectivity index (χ1) is 9.99. The zero-order valence-electron chi connectivity index (χ0n) is 10.8. The molecule has 0 atom stereocenters. The molecule has 0 radical (unpaired) electrons. The Morgan fingerprint density at radius 1 is 1.52 bits per heavy atom. The summed E-state index contributed by atoms with van der Waals surface area (Å²) in [6.45, 7) is 0. The van der Waals surface area contributed by atoms with E-state index < -0.39 is 11.9 Å². The molecule has 1 aromatic heterocycles. The number of benzene rings is 1. The van der Waals surface area contributed by atoms with Crippen molar-refractivity contribution in [1.82, 2.24) is 9.97 Å². The third-order valence-electron chi connectivity index (χ3n) is 2.31. The number of carbonyl (C=O) groups excluding carboxylic acids is 1. The van der Waals surface area contributed by atoms with Gasteiger partial charge in [-0.2, -0.15) is 0 Å². The lowest BCUT2D eigenvalue weighted by Gasteiger charge is -2.10. The first-order valence-electron chi connectivity index (χ1n) is 5.60. The van der Waals surface area contributed by atoms with Crippen LogP contribution >= 0.6 is 27.7 Å². The lowest BCUT2D eigenvalue weighted by molar-refractivity contribution is 0.211. The van der Waals surface area contributed by atoms with Crippen LogP contribution in [-0.2, 0) is 0 Å². The van der Waals surface area contributed by atoms with Gasteiger partial charge < -0.3 is 15.8 Å². The molecule has 1 heterocycles. The smallest absolute Gasteiger partial charge is 0.409 e. The second-order valence-electron chi connectivity index (χ2n) is 3.74. The van der Waals surface area contributed by atoms with Gasteiger partial charge in [-0.25, -0.2) is 19.2 Å². The molecule has 2 aromatic rings. The Labute approximate surface area is 132 Å². The van der Waals surface area contributed by atoms with Crippen LogP contribution in [0.2, 0.25) is 0 Å². The number of rotatable bonds is 4. The summed E-state index contributed by atoms with van der Waals surface area (Å²) in [5.74, 6) is -0.00539. The fourth-order valence-corrected chi connectivity index (χ4v) is 2.08. The van der Waals surface area contributed by atoms with Crippen LogP contribution in [0.25, 0.3) is 0 Å². The Balaban J connectivity index is 2.32. The van der Waals surface area contributed by atoms with Gasteiger partial charge in [0.25, 0.3) is 0 Å². The molecule has 9 heteroatoms. The van der Waals surface area contributed by atoms with Crippen molar-refractivity contribution in [2.75, 3.05) is 11.6 Å². The van der Waals surface area contributed by atoms with E-state index in [1.54, 1.807) is 6.20 Å². The minimum atomic E-state index is -0.972. The van der Waals surface area contributed by atoms with Crippen LogP contribution in [0.5, 0.6) is 5.75 Å². The molecule has 21 heavy (non-hydrogen) atoms. The average Bonchev–Trinajstić information content (AvgIpc) is 2.44. The fourth-order valence-electron chi connectivity index (χ4n) is 1.44. The largest absolute Gasteiger partial charge is 0.410 e. The molecule has 0 spiro atoms. The summed E-state index contributed by atoms with van der Waals surface area (Å²) in [5, 5.41) is 3.34.